The Labute approximate surface area is 198 Å². The van der Waals surface area contributed by atoms with Gasteiger partial charge < -0.3 is 10.1 Å². The Morgan fingerprint density at radius 1 is 0.882 bits per heavy atom. The van der Waals surface area contributed by atoms with Gasteiger partial charge in [-0.2, -0.15) is 0 Å². The maximum atomic E-state index is 5.86. The monoisotopic (exact) mass is 450 g/mol. The van der Waals surface area contributed by atoms with Crippen LogP contribution in [0.2, 0.25) is 0 Å². The molecule has 6 rings (SSSR count). The molecule has 7 heteroatoms. The van der Waals surface area contributed by atoms with Gasteiger partial charge in [-0.3, -0.25) is 14.3 Å². The van der Waals surface area contributed by atoms with Crippen molar-refractivity contribution in [2.24, 2.45) is 0 Å². The Hall–Kier alpha value is -3.81. The number of aromatic nitrogens is 4. The molecule has 0 saturated carbocycles. The predicted molar refractivity (Wildman–Crippen MR) is 134 cm³/mol. The summed E-state index contributed by atoms with van der Waals surface area (Å²) in [4.78, 5) is 16.1. The fourth-order valence-electron chi connectivity index (χ4n) is 4.53. The molecule has 4 aromatic heterocycles. The molecule has 0 radical (unpaired) electrons. The van der Waals surface area contributed by atoms with Gasteiger partial charge in [-0.05, 0) is 35.9 Å². The summed E-state index contributed by atoms with van der Waals surface area (Å²) in [7, 11) is 0. The zero-order valence-corrected chi connectivity index (χ0v) is 18.9. The van der Waals surface area contributed by atoms with E-state index in [9.17, 15) is 0 Å². The number of pyridine rings is 3. The van der Waals surface area contributed by atoms with Gasteiger partial charge >= 0.3 is 0 Å². The lowest BCUT2D eigenvalue weighted by Gasteiger charge is -2.26. The van der Waals surface area contributed by atoms with Gasteiger partial charge in [-0.1, -0.05) is 18.2 Å². The first-order valence-corrected chi connectivity index (χ1v) is 11.7. The van der Waals surface area contributed by atoms with Gasteiger partial charge in [0.15, 0.2) is 0 Å². The molecule has 1 saturated heterocycles. The van der Waals surface area contributed by atoms with Crippen molar-refractivity contribution in [3.63, 3.8) is 0 Å². The second-order valence-corrected chi connectivity index (χ2v) is 8.49. The molecule has 170 valence electrons. The molecule has 0 unspecified atom stereocenters. The number of nitrogens with one attached hydrogen (secondary N) is 1. The van der Waals surface area contributed by atoms with E-state index in [1.165, 1.54) is 0 Å². The average molecular weight is 451 g/mol. The lowest BCUT2D eigenvalue weighted by atomic mass is 10.1. The van der Waals surface area contributed by atoms with Gasteiger partial charge in [0.25, 0.3) is 0 Å². The molecule has 0 amide bonds. The summed E-state index contributed by atoms with van der Waals surface area (Å²) in [6.45, 7) is 5.83. The maximum Gasteiger partial charge on any atom is 0.213 e. The van der Waals surface area contributed by atoms with Crippen LogP contribution in [-0.4, -0.2) is 63.6 Å². The SMILES string of the molecule is c1ccc2c(-c3cnc4cc(-c5ccc(OCCN6CCNCC6)nc5)ccn34)ccnc2c1. The lowest BCUT2D eigenvalue weighted by Crippen LogP contribution is -2.44. The number of benzene rings is 1. The summed E-state index contributed by atoms with van der Waals surface area (Å²) in [5.74, 6) is 0.660. The first-order chi connectivity index (χ1) is 16.8. The molecule has 1 fully saturated rings. The number of fused-ring (bicyclic) bond motifs is 2. The molecule has 0 bridgehead atoms. The van der Waals surface area contributed by atoms with Crippen molar-refractivity contribution in [3.05, 3.63) is 79.4 Å². The third-order valence-corrected chi connectivity index (χ3v) is 6.37. The van der Waals surface area contributed by atoms with Crippen LogP contribution in [0.4, 0.5) is 0 Å². The van der Waals surface area contributed by atoms with E-state index in [0.717, 1.165) is 71.7 Å². The summed E-state index contributed by atoms with van der Waals surface area (Å²) in [6.07, 6.45) is 7.71. The first kappa shape index (κ1) is 20.8. The van der Waals surface area contributed by atoms with Gasteiger partial charge in [0, 0.05) is 73.9 Å². The molecule has 0 atom stereocenters. The maximum absolute atomic E-state index is 5.86. The number of rotatable bonds is 6. The second kappa shape index (κ2) is 9.21. The van der Waals surface area contributed by atoms with E-state index in [-0.39, 0.29) is 0 Å². The van der Waals surface area contributed by atoms with Gasteiger partial charge in [0.05, 0.1) is 17.4 Å². The van der Waals surface area contributed by atoms with Crippen molar-refractivity contribution in [1.29, 1.82) is 0 Å². The van der Waals surface area contributed by atoms with E-state index in [4.69, 9.17) is 4.74 Å². The molecular formula is C27H26N6O. The van der Waals surface area contributed by atoms with E-state index in [1.807, 2.05) is 48.9 Å². The average Bonchev–Trinajstić information content (AvgIpc) is 3.32. The Balaban J connectivity index is 1.20. The summed E-state index contributed by atoms with van der Waals surface area (Å²) in [5, 5.41) is 4.49. The smallest absolute Gasteiger partial charge is 0.213 e. The molecule has 0 aliphatic carbocycles. The number of para-hydroxylation sites is 1. The molecule has 1 N–H and O–H groups in total. The highest BCUT2D eigenvalue weighted by Crippen LogP contribution is 2.29. The van der Waals surface area contributed by atoms with Crippen LogP contribution < -0.4 is 10.1 Å². The van der Waals surface area contributed by atoms with E-state index in [1.54, 1.807) is 0 Å². The van der Waals surface area contributed by atoms with Crippen LogP contribution >= 0.6 is 0 Å². The van der Waals surface area contributed by atoms with E-state index in [2.05, 4.69) is 60.0 Å². The van der Waals surface area contributed by atoms with Crippen molar-refractivity contribution >= 4 is 16.6 Å². The molecule has 7 nitrogen and oxygen atoms in total. The minimum Gasteiger partial charge on any atom is -0.476 e. The topological polar surface area (TPSA) is 67.6 Å². The minimum atomic E-state index is 0.652. The van der Waals surface area contributed by atoms with Crippen LogP contribution in [0.1, 0.15) is 0 Å². The van der Waals surface area contributed by atoms with Crippen LogP contribution in [-0.2, 0) is 0 Å². The molecule has 1 aliphatic rings. The van der Waals surface area contributed by atoms with Crippen LogP contribution in [0.3, 0.4) is 0 Å². The quantitative estimate of drug-likeness (QED) is 0.423. The van der Waals surface area contributed by atoms with Crippen LogP contribution in [0, 0.1) is 0 Å². The standard InChI is InChI=1S/C27H26N6O/c1-2-4-24-22(3-1)23(7-9-29-24)25-19-30-26-17-20(8-12-33(25)26)21-5-6-27(31-18-21)34-16-15-32-13-10-28-11-14-32/h1-9,12,17-19,28H,10-11,13-16H2. The Morgan fingerprint density at radius 3 is 2.68 bits per heavy atom. The predicted octanol–water partition coefficient (Wildman–Crippen LogP) is 3.90. The highest BCUT2D eigenvalue weighted by Gasteiger charge is 2.12. The Morgan fingerprint density at radius 2 is 1.79 bits per heavy atom. The van der Waals surface area contributed by atoms with Crippen molar-refractivity contribution in [2.45, 2.75) is 0 Å². The summed E-state index contributed by atoms with van der Waals surface area (Å²) in [5.41, 5.74) is 6.15. The third-order valence-electron chi connectivity index (χ3n) is 6.37. The summed E-state index contributed by atoms with van der Waals surface area (Å²) in [6, 6.07) is 18.4. The number of ether oxygens (including phenoxy) is 1. The second-order valence-electron chi connectivity index (χ2n) is 8.49. The lowest BCUT2D eigenvalue weighted by molar-refractivity contribution is 0.188. The molecule has 34 heavy (non-hydrogen) atoms. The van der Waals surface area contributed by atoms with Crippen LogP contribution in [0.15, 0.2) is 79.4 Å². The molecular weight excluding hydrogens is 424 g/mol. The van der Waals surface area contributed by atoms with Gasteiger partial charge in [-0.15, -0.1) is 0 Å². The molecule has 1 aromatic carbocycles. The molecule has 0 spiro atoms. The van der Waals surface area contributed by atoms with Crippen molar-refractivity contribution in [2.75, 3.05) is 39.3 Å². The fourth-order valence-corrected chi connectivity index (χ4v) is 4.53. The fraction of sp³-hybridized carbons (Fsp3) is 0.222. The molecule has 5 aromatic rings. The normalized spacial score (nSPS) is 14.6. The van der Waals surface area contributed by atoms with Crippen LogP contribution in [0.5, 0.6) is 5.88 Å². The van der Waals surface area contributed by atoms with E-state index >= 15 is 0 Å². The number of hydrogen-bond acceptors (Lipinski definition) is 6. The molecule has 5 heterocycles. The van der Waals surface area contributed by atoms with Gasteiger partial charge in [-0.25, -0.2) is 9.97 Å². The van der Waals surface area contributed by atoms with Gasteiger partial charge in [0.1, 0.15) is 12.3 Å². The number of imidazole rings is 1. The van der Waals surface area contributed by atoms with Crippen molar-refractivity contribution in [3.8, 4) is 28.3 Å². The number of hydrogen-bond donors (Lipinski definition) is 1. The number of nitrogens with zero attached hydrogens (tertiary/aromatic N) is 5. The third kappa shape index (κ3) is 4.11. The minimum absolute atomic E-state index is 0.652. The number of piperazine rings is 1. The highest BCUT2D eigenvalue weighted by atomic mass is 16.5. The Bertz CT molecular complexity index is 1420. The summed E-state index contributed by atoms with van der Waals surface area (Å²) < 4.78 is 7.98. The highest BCUT2D eigenvalue weighted by molar-refractivity contribution is 5.93. The van der Waals surface area contributed by atoms with Crippen molar-refractivity contribution in [1.82, 2.24) is 29.6 Å². The molecule has 1 aliphatic heterocycles. The van der Waals surface area contributed by atoms with Gasteiger partial charge in [0.2, 0.25) is 5.88 Å². The van der Waals surface area contributed by atoms with E-state index in [0.29, 0.717) is 12.5 Å². The van der Waals surface area contributed by atoms with Crippen molar-refractivity contribution < 1.29 is 4.74 Å². The Kier molecular flexibility index (Phi) is 5.63. The largest absolute Gasteiger partial charge is 0.476 e. The summed E-state index contributed by atoms with van der Waals surface area (Å²) >= 11 is 0. The van der Waals surface area contributed by atoms with Crippen LogP contribution in [0.25, 0.3) is 38.9 Å². The zero-order chi connectivity index (χ0) is 22.7. The van der Waals surface area contributed by atoms with E-state index < -0.39 is 0 Å². The zero-order valence-electron chi connectivity index (χ0n) is 18.9. The first-order valence-electron chi connectivity index (χ1n) is 11.7.